The van der Waals surface area contributed by atoms with Crippen LogP contribution in [0.25, 0.3) is 11.5 Å². The van der Waals surface area contributed by atoms with Gasteiger partial charge in [-0.2, -0.15) is 11.8 Å². The topological polar surface area (TPSA) is 51.0 Å². The molecule has 1 aromatic carbocycles. The molecule has 1 heterocycles. The molecule has 0 saturated heterocycles. The summed E-state index contributed by atoms with van der Waals surface area (Å²) in [4.78, 5) is 0. The molecule has 2 aromatic rings. The molecule has 0 aliphatic carbocycles. The van der Waals surface area contributed by atoms with Gasteiger partial charge < -0.3 is 9.73 Å². The number of rotatable bonds is 7. The van der Waals surface area contributed by atoms with E-state index in [0.29, 0.717) is 5.89 Å². The number of hydrogen-bond donors (Lipinski definition) is 1. The van der Waals surface area contributed by atoms with Crippen LogP contribution in [0.4, 0.5) is 5.69 Å². The number of aromatic nitrogens is 2. The number of benzene rings is 1. The van der Waals surface area contributed by atoms with Crippen LogP contribution >= 0.6 is 11.8 Å². The zero-order valence-electron chi connectivity index (χ0n) is 10.4. The third-order valence-corrected chi connectivity index (χ3v) is 3.29. The highest BCUT2D eigenvalue weighted by Gasteiger charge is 2.02. The fourth-order valence-corrected chi connectivity index (χ4v) is 2.13. The quantitative estimate of drug-likeness (QED) is 0.777. The van der Waals surface area contributed by atoms with Crippen LogP contribution in [0.1, 0.15) is 12.8 Å². The standard InChI is InChI=1S/C13H17N3OS/c1-18-9-3-2-8-14-12-6-4-11(5-7-12)13-16-15-10-17-13/h4-7,10,14H,2-3,8-9H2,1H3. The summed E-state index contributed by atoms with van der Waals surface area (Å²) >= 11 is 1.90. The maximum absolute atomic E-state index is 5.14. The summed E-state index contributed by atoms with van der Waals surface area (Å²) in [6.07, 6.45) is 5.94. The molecule has 2 rings (SSSR count). The smallest absolute Gasteiger partial charge is 0.247 e. The van der Waals surface area contributed by atoms with Crippen molar-refractivity contribution in [2.75, 3.05) is 23.9 Å². The number of thioether (sulfide) groups is 1. The third kappa shape index (κ3) is 3.77. The van der Waals surface area contributed by atoms with Gasteiger partial charge in [0, 0.05) is 17.8 Å². The molecular formula is C13H17N3OS. The Hall–Kier alpha value is -1.49. The van der Waals surface area contributed by atoms with Crippen LogP contribution in [0.5, 0.6) is 0 Å². The first-order valence-corrected chi connectivity index (χ1v) is 7.39. The largest absolute Gasteiger partial charge is 0.423 e. The minimum Gasteiger partial charge on any atom is -0.423 e. The van der Waals surface area contributed by atoms with Crippen molar-refractivity contribution in [2.24, 2.45) is 0 Å². The average molecular weight is 263 g/mol. The molecule has 0 aliphatic rings. The number of nitrogens with zero attached hydrogens (tertiary/aromatic N) is 2. The Balaban J connectivity index is 1.81. The third-order valence-electron chi connectivity index (χ3n) is 2.60. The van der Waals surface area contributed by atoms with Crippen molar-refractivity contribution < 1.29 is 4.42 Å². The highest BCUT2D eigenvalue weighted by atomic mass is 32.2. The molecule has 0 bridgehead atoms. The number of anilines is 1. The summed E-state index contributed by atoms with van der Waals surface area (Å²) in [6, 6.07) is 8.04. The molecular weight excluding hydrogens is 246 g/mol. The lowest BCUT2D eigenvalue weighted by molar-refractivity contribution is 0.568. The second-order valence-electron chi connectivity index (χ2n) is 3.95. The van der Waals surface area contributed by atoms with Crippen LogP contribution in [-0.2, 0) is 0 Å². The molecule has 0 radical (unpaired) electrons. The SMILES string of the molecule is CSCCCCNc1ccc(-c2nnco2)cc1. The molecule has 1 N–H and O–H groups in total. The van der Waals surface area contributed by atoms with E-state index in [9.17, 15) is 0 Å². The molecule has 0 aliphatic heterocycles. The van der Waals surface area contributed by atoms with Crippen molar-refractivity contribution >= 4 is 17.4 Å². The van der Waals surface area contributed by atoms with Crippen molar-refractivity contribution in [3.63, 3.8) is 0 Å². The lowest BCUT2D eigenvalue weighted by atomic mass is 10.2. The fourth-order valence-electron chi connectivity index (χ4n) is 1.63. The summed E-state index contributed by atoms with van der Waals surface area (Å²) in [5.41, 5.74) is 2.07. The van der Waals surface area contributed by atoms with Gasteiger partial charge in [0.2, 0.25) is 12.3 Å². The lowest BCUT2D eigenvalue weighted by Crippen LogP contribution is -2.01. The molecule has 0 atom stereocenters. The van der Waals surface area contributed by atoms with Crippen LogP contribution in [-0.4, -0.2) is 28.8 Å². The van der Waals surface area contributed by atoms with E-state index in [1.807, 2.05) is 36.0 Å². The molecule has 0 amide bonds. The van der Waals surface area contributed by atoms with E-state index in [-0.39, 0.29) is 0 Å². The molecule has 0 saturated carbocycles. The normalized spacial score (nSPS) is 10.5. The first kappa shape index (κ1) is 13.0. The van der Waals surface area contributed by atoms with E-state index in [0.717, 1.165) is 17.8 Å². The van der Waals surface area contributed by atoms with E-state index < -0.39 is 0 Å². The van der Waals surface area contributed by atoms with Gasteiger partial charge in [-0.1, -0.05) is 0 Å². The van der Waals surface area contributed by atoms with E-state index in [1.54, 1.807) is 0 Å². The first-order valence-electron chi connectivity index (χ1n) is 5.99. The molecule has 0 spiro atoms. The summed E-state index contributed by atoms with van der Waals surface area (Å²) in [6.45, 7) is 1.01. The van der Waals surface area contributed by atoms with E-state index in [2.05, 4.69) is 21.8 Å². The number of nitrogens with one attached hydrogen (secondary N) is 1. The maximum Gasteiger partial charge on any atom is 0.247 e. The summed E-state index contributed by atoms with van der Waals surface area (Å²) in [5.74, 6) is 1.79. The van der Waals surface area contributed by atoms with Gasteiger partial charge >= 0.3 is 0 Å². The highest BCUT2D eigenvalue weighted by molar-refractivity contribution is 7.98. The monoisotopic (exact) mass is 263 g/mol. The van der Waals surface area contributed by atoms with Gasteiger partial charge in [0.05, 0.1) is 0 Å². The Morgan fingerprint density at radius 2 is 2.06 bits per heavy atom. The molecule has 0 fully saturated rings. The Labute approximate surface area is 111 Å². The van der Waals surface area contributed by atoms with E-state index >= 15 is 0 Å². The van der Waals surface area contributed by atoms with Crippen LogP contribution in [0.2, 0.25) is 0 Å². The Morgan fingerprint density at radius 3 is 2.72 bits per heavy atom. The second kappa shape index (κ2) is 7.06. The maximum atomic E-state index is 5.14. The zero-order chi connectivity index (χ0) is 12.6. The minimum absolute atomic E-state index is 0.557. The number of unbranched alkanes of at least 4 members (excludes halogenated alkanes) is 1. The molecule has 4 nitrogen and oxygen atoms in total. The summed E-state index contributed by atoms with van der Waals surface area (Å²) in [7, 11) is 0. The van der Waals surface area contributed by atoms with Gasteiger partial charge in [-0.05, 0) is 49.1 Å². The Bertz CT molecular complexity index is 442. The van der Waals surface area contributed by atoms with Crippen LogP contribution in [0.3, 0.4) is 0 Å². The van der Waals surface area contributed by atoms with Crippen molar-refractivity contribution in [1.29, 1.82) is 0 Å². The Kier molecular flexibility index (Phi) is 5.08. The molecule has 96 valence electrons. The van der Waals surface area contributed by atoms with Crippen LogP contribution < -0.4 is 5.32 Å². The van der Waals surface area contributed by atoms with Crippen LogP contribution in [0, 0.1) is 0 Å². The van der Waals surface area contributed by atoms with Gasteiger partial charge in [0.15, 0.2) is 0 Å². The summed E-state index contributed by atoms with van der Waals surface area (Å²) in [5, 5.41) is 10.9. The van der Waals surface area contributed by atoms with Crippen molar-refractivity contribution in [2.45, 2.75) is 12.8 Å². The lowest BCUT2D eigenvalue weighted by Gasteiger charge is -2.06. The molecule has 18 heavy (non-hydrogen) atoms. The van der Waals surface area contributed by atoms with Crippen molar-refractivity contribution in [3.05, 3.63) is 30.7 Å². The zero-order valence-corrected chi connectivity index (χ0v) is 11.2. The predicted molar refractivity (Wildman–Crippen MR) is 75.8 cm³/mol. The van der Waals surface area contributed by atoms with Crippen LogP contribution in [0.15, 0.2) is 35.1 Å². The predicted octanol–water partition coefficient (Wildman–Crippen LogP) is 3.29. The molecule has 1 aromatic heterocycles. The fraction of sp³-hybridized carbons (Fsp3) is 0.385. The van der Waals surface area contributed by atoms with Gasteiger partial charge in [-0.3, -0.25) is 0 Å². The average Bonchev–Trinajstić information content (AvgIpc) is 2.93. The summed E-state index contributed by atoms with van der Waals surface area (Å²) < 4.78 is 5.14. The highest BCUT2D eigenvalue weighted by Crippen LogP contribution is 2.18. The van der Waals surface area contributed by atoms with E-state index in [4.69, 9.17) is 4.42 Å². The Morgan fingerprint density at radius 1 is 1.22 bits per heavy atom. The first-order chi connectivity index (χ1) is 8.90. The van der Waals surface area contributed by atoms with Crippen molar-refractivity contribution in [1.82, 2.24) is 10.2 Å². The molecule has 0 unspecified atom stereocenters. The van der Waals surface area contributed by atoms with Gasteiger partial charge in [-0.15, -0.1) is 10.2 Å². The van der Waals surface area contributed by atoms with Gasteiger partial charge in [0.1, 0.15) is 0 Å². The number of hydrogen-bond acceptors (Lipinski definition) is 5. The minimum atomic E-state index is 0.557. The van der Waals surface area contributed by atoms with Crippen molar-refractivity contribution in [3.8, 4) is 11.5 Å². The molecule has 5 heteroatoms. The van der Waals surface area contributed by atoms with E-state index in [1.165, 1.54) is 25.0 Å². The van der Waals surface area contributed by atoms with Gasteiger partial charge in [-0.25, -0.2) is 0 Å². The second-order valence-corrected chi connectivity index (χ2v) is 4.93. The van der Waals surface area contributed by atoms with Gasteiger partial charge in [0.25, 0.3) is 0 Å².